The van der Waals surface area contributed by atoms with Crippen LogP contribution in [0.15, 0.2) is 33.6 Å². The SMILES string of the molecule is CCCCN(S(=O)(=O)N=C=O)S(=O)(=O)c1ccc(C)cc1. The summed E-state index contributed by atoms with van der Waals surface area (Å²) in [6.45, 7) is 3.28. The van der Waals surface area contributed by atoms with Gasteiger partial charge in [-0.2, -0.15) is 8.42 Å². The van der Waals surface area contributed by atoms with Crippen LogP contribution >= 0.6 is 0 Å². The molecule has 0 radical (unpaired) electrons. The van der Waals surface area contributed by atoms with Crippen molar-refractivity contribution >= 4 is 26.3 Å². The molecule has 1 aromatic rings. The molecule has 0 saturated carbocycles. The van der Waals surface area contributed by atoms with Crippen LogP contribution in [0.1, 0.15) is 25.3 Å². The quantitative estimate of drug-likeness (QED) is 0.554. The smallest absolute Gasteiger partial charge is 0.210 e. The summed E-state index contributed by atoms with van der Waals surface area (Å²) in [6.07, 6.45) is 1.78. The summed E-state index contributed by atoms with van der Waals surface area (Å²) in [5.74, 6) is 0. The zero-order valence-electron chi connectivity index (χ0n) is 11.7. The number of hydrogen-bond donors (Lipinski definition) is 0. The number of nitrogens with zero attached hydrogens (tertiary/aromatic N) is 2. The second kappa shape index (κ2) is 6.95. The van der Waals surface area contributed by atoms with Crippen molar-refractivity contribution in [3.63, 3.8) is 0 Å². The molecule has 0 bridgehead atoms. The molecule has 0 aliphatic carbocycles. The minimum Gasteiger partial charge on any atom is -0.210 e. The highest BCUT2D eigenvalue weighted by molar-refractivity contribution is 8.03. The van der Waals surface area contributed by atoms with Gasteiger partial charge in [0.25, 0.3) is 16.1 Å². The fourth-order valence-corrected chi connectivity index (χ4v) is 4.55. The Labute approximate surface area is 124 Å². The molecule has 0 fully saturated rings. The average molecular weight is 332 g/mol. The highest BCUT2D eigenvalue weighted by Gasteiger charge is 2.34. The topological polar surface area (TPSA) is 101 Å². The molecule has 0 aromatic heterocycles. The van der Waals surface area contributed by atoms with Crippen LogP contribution in [0.25, 0.3) is 0 Å². The number of rotatable bonds is 7. The van der Waals surface area contributed by atoms with Crippen LogP contribution in [0.5, 0.6) is 0 Å². The third kappa shape index (κ3) is 4.21. The Bertz CT molecular complexity index is 732. The van der Waals surface area contributed by atoms with Crippen LogP contribution in [0.2, 0.25) is 0 Å². The maximum atomic E-state index is 12.4. The molecule has 7 nitrogen and oxygen atoms in total. The highest BCUT2D eigenvalue weighted by Crippen LogP contribution is 2.21. The second-order valence-corrected chi connectivity index (χ2v) is 7.94. The van der Waals surface area contributed by atoms with Gasteiger partial charge in [0.05, 0.1) is 4.90 Å². The lowest BCUT2D eigenvalue weighted by Gasteiger charge is -2.18. The van der Waals surface area contributed by atoms with Crippen LogP contribution in [-0.4, -0.2) is 33.2 Å². The minimum absolute atomic E-state index is 0.172. The number of carbonyl (C=O) groups excluding carboxylic acids is 1. The van der Waals surface area contributed by atoms with Gasteiger partial charge in [0.1, 0.15) is 0 Å². The maximum absolute atomic E-state index is 12.4. The van der Waals surface area contributed by atoms with E-state index in [1.54, 1.807) is 26.0 Å². The molecule has 116 valence electrons. The number of sulfonamides is 1. The van der Waals surface area contributed by atoms with Gasteiger partial charge in [0, 0.05) is 6.54 Å². The number of hydrogen-bond acceptors (Lipinski definition) is 5. The first-order valence-electron chi connectivity index (χ1n) is 6.19. The van der Waals surface area contributed by atoms with Crippen molar-refractivity contribution in [1.29, 1.82) is 0 Å². The van der Waals surface area contributed by atoms with Crippen molar-refractivity contribution < 1.29 is 21.6 Å². The molecule has 1 aromatic carbocycles. The van der Waals surface area contributed by atoms with Crippen molar-refractivity contribution in [3.05, 3.63) is 29.8 Å². The Morgan fingerprint density at radius 3 is 2.19 bits per heavy atom. The number of unbranched alkanes of at least 4 members (excludes halogenated alkanes) is 1. The summed E-state index contributed by atoms with van der Waals surface area (Å²) in [6, 6.07) is 5.73. The summed E-state index contributed by atoms with van der Waals surface area (Å²) < 4.78 is 51.4. The first-order valence-corrected chi connectivity index (χ1v) is 9.03. The molecule has 0 heterocycles. The predicted molar refractivity (Wildman–Crippen MR) is 77.0 cm³/mol. The van der Waals surface area contributed by atoms with E-state index in [2.05, 4.69) is 4.40 Å². The lowest BCUT2D eigenvalue weighted by Crippen LogP contribution is -2.36. The third-order valence-corrected chi connectivity index (χ3v) is 6.43. The molecule has 0 N–H and O–H groups in total. The van der Waals surface area contributed by atoms with Gasteiger partial charge in [-0.3, -0.25) is 0 Å². The van der Waals surface area contributed by atoms with Gasteiger partial charge in [0.15, 0.2) is 0 Å². The molecule has 9 heteroatoms. The highest BCUT2D eigenvalue weighted by atomic mass is 32.3. The largest absolute Gasteiger partial charge is 0.346 e. The molecule has 21 heavy (non-hydrogen) atoms. The van der Waals surface area contributed by atoms with Gasteiger partial charge in [-0.15, -0.1) is 0 Å². The van der Waals surface area contributed by atoms with E-state index in [-0.39, 0.29) is 15.2 Å². The summed E-state index contributed by atoms with van der Waals surface area (Å²) in [7, 11) is -8.91. The van der Waals surface area contributed by atoms with Crippen LogP contribution < -0.4 is 0 Å². The monoisotopic (exact) mass is 332 g/mol. The van der Waals surface area contributed by atoms with E-state index in [0.717, 1.165) is 11.6 Å². The molecule has 0 amide bonds. The molecule has 1 rings (SSSR count). The molecule has 0 aliphatic rings. The van der Waals surface area contributed by atoms with E-state index in [4.69, 9.17) is 0 Å². The number of aryl methyl sites for hydroxylation is 1. The summed E-state index contributed by atoms with van der Waals surface area (Å²) in [5, 5.41) is 0. The van der Waals surface area contributed by atoms with Crippen molar-refractivity contribution in [2.24, 2.45) is 4.40 Å². The zero-order chi connectivity index (χ0) is 16.1. The average Bonchev–Trinajstić information content (AvgIpc) is 2.39. The zero-order valence-corrected chi connectivity index (χ0v) is 13.3. The Morgan fingerprint density at radius 1 is 1.14 bits per heavy atom. The first-order chi connectivity index (χ1) is 9.75. The molecule has 0 aliphatic heterocycles. The van der Waals surface area contributed by atoms with Crippen LogP contribution in [0.4, 0.5) is 0 Å². The molecule has 0 unspecified atom stereocenters. The predicted octanol–water partition coefficient (Wildman–Crippen LogP) is 1.37. The van der Waals surface area contributed by atoms with Crippen molar-refractivity contribution in [2.75, 3.05) is 6.54 Å². The molecule has 0 atom stereocenters. The normalized spacial score (nSPS) is 12.1. The van der Waals surface area contributed by atoms with E-state index in [1.807, 2.05) is 0 Å². The minimum atomic E-state index is -4.61. The third-order valence-electron chi connectivity index (χ3n) is 2.69. The van der Waals surface area contributed by atoms with Crippen molar-refractivity contribution in [3.8, 4) is 0 Å². The fourth-order valence-electron chi connectivity index (χ4n) is 1.57. The lowest BCUT2D eigenvalue weighted by atomic mass is 10.2. The van der Waals surface area contributed by atoms with Crippen LogP contribution in [0, 0.1) is 6.92 Å². The summed E-state index contributed by atoms with van der Waals surface area (Å²) in [5.41, 5.74) is 0.836. The maximum Gasteiger partial charge on any atom is 0.346 e. The number of isocyanates is 1. The second-order valence-electron chi connectivity index (χ2n) is 4.33. The van der Waals surface area contributed by atoms with E-state index >= 15 is 0 Å². The lowest BCUT2D eigenvalue weighted by molar-refractivity contribution is 0.489. The van der Waals surface area contributed by atoms with E-state index in [0.29, 0.717) is 12.8 Å². The fraction of sp³-hybridized carbons (Fsp3) is 0.417. The van der Waals surface area contributed by atoms with Gasteiger partial charge in [-0.25, -0.2) is 13.2 Å². The Balaban J connectivity index is 3.37. The Hall–Kier alpha value is -1.54. The summed E-state index contributed by atoms with van der Waals surface area (Å²) >= 11 is 0. The molecule has 0 spiro atoms. The first kappa shape index (κ1) is 17.5. The van der Waals surface area contributed by atoms with Gasteiger partial charge < -0.3 is 0 Å². The molecule has 0 saturated heterocycles. The van der Waals surface area contributed by atoms with Gasteiger partial charge >= 0.3 is 10.2 Å². The van der Waals surface area contributed by atoms with E-state index < -0.39 is 20.2 Å². The molecular formula is C12H16N2O5S2. The summed E-state index contributed by atoms with van der Waals surface area (Å²) in [4.78, 5) is 10.0. The number of benzene rings is 1. The molecular weight excluding hydrogens is 316 g/mol. The van der Waals surface area contributed by atoms with E-state index in [9.17, 15) is 21.6 Å². The van der Waals surface area contributed by atoms with Gasteiger partial charge in [-0.1, -0.05) is 39.1 Å². The van der Waals surface area contributed by atoms with Crippen LogP contribution in [0.3, 0.4) is 0 Å². The van der Waals surface area contributed by atoms with Crippen LogP contribution in [-0.2, 0) is 25.0 Å². The Kier molecular flexibility index (Phi) is 5.79. The standard InChI is InChI=1S/C12H16N2O5S2/c1-3-4-9-14(21(18,19)13-10-15)20(16,17)12-7-5-11(2)6-8-12/h5-8H,3-4,9H2,1-2H3. The Morgan fingerprint density at radius 2 is 1.71 bits per heavy atom. The van der Waals surface area contributed by atoms with E-state index in [1.165, 1.54) is 12.1 Å². The van der Waals surface area contributed by atoms with Gasteiger partial charge in [-0.05, 0) is 25.5 Å². The van der Waals surface area contributed by atoms with Crippen molar-refractivity contribution in [2.45, 2.75) is 31.6 Å². The van der Waals surface area contributed by atoms with Gasteiger partial charge in [0.2, 0.25) is 0 Å². The van der Waals surface area contributed by atoms with Crippen molar-refractivity contribution in [1.82, 2.24) is 3.71 Å².